The number of rotatable bonds is 2. The van der Waals surface area contributed by atoms with Crippen molar-refractivity contribution >= 4 is 23.2 Å². The van der Waals surface area contributed by atoms with Crippen LogP contribution >= 0.6 is 11.6 Å². The van der Waals surface area contributed by atoms with Crippen molar-refractivity contribution in [2.75, 3.05) is 18.0 Å². The van der Waals surface area contributed by atoms with E-state index in [9.17, 15) is 8.78 Å². The van der Waals surface area contributed by atoms with E-state index in [2.05, 4.69) is 26.9 Å². The normalized spacial score (nSPS) is 15.8. The SMILES string of the molecule is Cc1cc(F)c(-c2c(Cl)nc3ncnn3c2N2CCC(C)CC2)cc1F. The summed E-state index contributed by atoms with van der Waals surface area (Å²) in [6.07, 6.45) is 3.38. The van der Waals surface area contributed by atoms with E-state index in [1.807, 2.05) is 0 Å². The molecule has 8 heteroatoms. The van der Waals surface area contributed by atoms with E-state index in [0.29, 0.717) is 23.1 Å². The zero-order valence-electron chi connectivity index (χ0n) is 14.5. The van der Waals surface area contributed by atoms with Crippen molar-refractivity contribution in [3.8, 4) is 11.1 Å². The highest BCUT2D eigenvalue weighted by Crippen LogP contribution is 2.39. The van der Waals surface area contributed by atoms with Crippen LogP contribution in [0, 0.1) is 24.5 Å². The average molecular weight is 378 g/mol. The summed E-state index contributed by atoms with van der Waals surface area (Å²) in [7, 11) is 0. The summed E-state index contributed by atoms with van der Waals surface area (Å²) in [5, 5.41) is 4.32. The van der Waals surface area contributed by atoms with Gasteiger partial charge in [0.2, 0.25) is 0 Å². The van der Waals surface area contributed by atoms with Crippen molar-refractivity contribution in [3.05, 3.63) is 40.8 Å². The van der Waals surface area contributed by atoms with E-state index in [4.69, 9.17) is 11.6 Å². The predicted octanol–water partition coefficient (Wildman–Crippen LogP) is 4.27. The first kappa shape index (κ1) is 17.1. The molecule has 0 atom stereocenters. The molecule has 3 heterocycles. The van der Waals surface area contributed by atoms with Crippen LogP contribution in [0.2, 0.25) is 5.15 Å². The maximum Gasteiger partial charge on any atom is 0.255 e. The highest BCUT2D eigenvalue weighted by Gasteiger charge is 2.27. The smallest absolute Gasteiger partial charge is 0.255 e. The van der Waals surface area contributed by atoms with Crippen LogP contribution in [-0.4, -0.2) is 32.7 Å². The third-order valence-corrected chi connectivity index (χ3v) is 5.23. The minimum Gasteiger partial charge on any atom is -0.356 e. The Kier molecular flexibility index (Phi) is 4.26. The summed E-state index contributed by atoms with van der Waals surface area (Å²) in [4.78, 5) is 10.4. The largest absolute Gasteiger partial charge is 0.356 e. The molecule has 0 bridgehead atoms. The first-order valence-electron chi connectivity index (χ1n) is 8.56. The fourth-order valence-corrected chi connectivity index (χ4v) is 3.65. The maximum absolute atomic E-state index is 14.7. The summed E-state index contributed by atoms with van der Waals surface area (Å²) >= 11 is 6.40. The van der Waals surface area contributed by atoms with Crippen LogP contribution in [0.3, 0.4) is 0 Å². The molecule has 0 N–H and O–H groups in total. The van der Waals surface area contributed by atoms with E-state index in [1.165, 1.54) is 25.4 Å². The molecule has 4 rings (SSSR count). The van der Waals surface area contributed by atoms with Gasteiger partial charge >= 0.3 is 0 Å². The van der Waals surface area contributed by atoms with Crippen molar-refractivity contribution < 1.29 is 8.78 Å². The van der Waals surface area contributed by atoms with Gasteiger partial charge in [0.1, 0.15) is 28.9 Å². The van der Waals surface area contributed by atoms with Crippen molar-refractivity contribution in [3.63, 3.8) is 0 Å². The molecule has 26 heavy (non-hydrogen) atoms. The number of nitrogens with zero attached hydrogens (tertiary/aromatic N) is 5. The number of piperidine rings is 1. The lowest BCUT2D eigenvalue weighted by molar-refractivity contribution is 0.435. The second-order valence-electron chi connectivity index (χ2n) is 6.82. The minimum atomic E-state index is -0.543. The fourth-order valence-electron chi connectivity index (χ4n) is 3.38. The Labute approximate surface area is 154 Å². The number of benzene rings is 1. The summed E-state index contributed by atoms with van der Waals surface area (Å²) in [6, 6.07) is 2.35. The number of hydrogen-bond acceptors (Lipinski definition) is 4. The topological polar surface area (TPSA) is 46.3 Å². The third-order valence-electron chi connectivity index (χ3n) is 4.96. The molecule has 0 aliphatic carbocycles. The van der Waals surface area contributed by atoms with Gasteiger partial charge < -0.3 is 4.90 Å². The molecule has 5 nitrogen and oxygen atoms in total. The van der Waals surface area contributed by atoms with E-state index in [1.54, 1.807) is 4.52 Å². The number of hydrogen-bond donors (Lipinski definition) is 0. The van der Waals surface area contributed by atoms with Crippen LogP contribution in [0.5, 0.6) is 0 Å². The molecule has 136 valence electrons. The Bertz CT molecular complexity index is 979. The van der Waals surface area contributed by atoms with Crippen molar-refractivity contribution in [2.24, 2.45) is 5.92 Å². The number of aromatic nitrogens is 4. The standard InChI is InChI=1S/C18H18ClF2N5/c1-10-3-5-25(6-4-10)17-15(12-8-13(20)11(2)7-14(12)21)16(19)24-18-22-9-23-26(17)18/h7-10H,3-6H2,1-2H3. The molecule has 1 fully saturated rings. The first-order valence-corrected chi connectivity index (χ1v) is 8.93. The lowest BCUT2D eigenvalue weighted by Crippen LogP contribution is -2.35. The van der Waals surface area contributed by atoms with Gasteiger partial charge in [-0.25, -0.2) is 8.78 Å². The summed E-state index contributed by atoms with van der Waals surface area (Å²) in [6.45, 7) is 5.28. The molecule has 0 spiro atoms. The lowest BCUT2D eigenvalue weighted by atomic mass is 9.98. The number of aryl methyl sites for hydroxylation is 1. The van der Waals surface area contributed by atoms with Gasteiger partial charge in [0.15, 0.2) is 0 Å². The van der Waals surface area contributed by atoms with E-state index in [-0.39, 0.29) is 16.3 Å². The molecule has 1 aliphatic heterocycles. The van der Waals surface area contributed by atoms with Crippen molar-refractivity contribution in [2.45, 2.75) is 26.7 Å². The fraction of sp³-hybridized carbons (Fsp3) is 0.389. The Morgan fingerprint density at radius 3 is 2.62 bits per heavy atom. The lowest BCUT2D eigenvalue weighted by Gasteiger charge is -2.33. The molecule has 1 aliphatic rings. The van der Waals surface area contributed by atoms with Crippen LogP contribution in [0.4, 0.5) is 14.6 Å². The van der Waals surface area contributed by atoms with Crippen molar-refractivity contribution in [1.29, 1.82) is 0 Å². The second kappa shape index (κ2) is 6.46. The van der Waals surface area contributed by atoms with Crippen LogP contribution in [-0.2, 0) is 0 Å². The molecular formula is C18H18ClF2N5. The average Bonchev–Trinajstić information content (AvgIpc) is 3.06. The van der Waals surface area contributed by atoms with Crippen molar-refractivity contribution in [1.82, 2.24) is 19.6 Å². The molecular weight excluding hydrogens is 360 g/mol. The molecule has 2 aromatic heterocycles. The molecule has 0 amide bonds. The highest BCUT2D eigenvalue weighted by atomic mass is 35.5. The van der Waals surface area contributed by atoms with Gasteiger partial charge in [0.25, 0.3) is 5.78 Å². The summed E-state index contributed by atoms with van der Waals surface area (Å²) in [5.74, 6) is 0.520. The van der Waals surface area contributed by atoms with E-state index < -0.39 is 11.6 Å². The number of anilines is 1. The monoisotopic (exact) mass is 377 g/mol. The zero-order valence-corrected chi connectivity index (χ0v) is 15.3. The van der Waals surface area contributed by atoms with Crippen LogP contribution < -0.4 is 4.90 Å². The quantitative estimate of drug-likeness (QED) is 0.626. The predicted molar refractivity (Wildman–Crippen MR) is 96.5 cm³/mol. The van der Waals surface area contributed by atoms with Gasteiger partial charge in [-0.2, -0.15) is 19.6 Å². The zero-order chi connectivity index (χ0) is 18.4. The van der Waals surface area contributed by atoms with Crippen LogP contribution in [0.1, 0.15) is 25.3 Å². The molecule has 1 aromatic carbocycles. The van der Waals surface area contributed by atoms with Gasteiger partial charge in [0.05, 0.1) is 5.56 Å². The second-order valence-corrected chi connectivity index (χ2v) is 7.18. The number of halogens is 3. The van der Waals surface area contributed by atoms with Crippen LogP contribution in [0.25, 0.3) is 16.9 Å². The summed E-state index contributed by atoms with van der Waals surface area (Å²) in [5.41, 5.74) is 0.665. The minimum absolute atomic E-state index is 0.0802. The maximum atomic E-state index is 14.7. The van der Waals surface area contributed by atoms with Gasteiger partial charge in [-0.1, -0.05) is 18.5 Å². The Morgan fingerprint density at radius 1 is 1.15 bits per heavy atom. The highest BCUT2D eigenvalue weighted by molar-refractivity contribution is 6.33. The van der Waals surface area contributed by atoms with Gasteiger partial charge in [0, 0.05) is 18.7 Å². The van der Waals surface area contributed by atoms with Crippen LogP contribution in [0.15, 0.2) is 18.5 Å². The molecule has 0 saturated carbocycles. The molecule has 0 radical (unpaired) electrons. The molecule has 1 saturated heterocycles. The Morgan fingerprint density at radius 2 is 1.88 bits per heavy atom. The van der Waals surface area contributed by atoms with E-state index >= 15 is 0 Å². The Balaban J connectivity index is 1.98. The molecule has 0 unspecified atom stereocenters. The molecule has 3 aromatic rings. The van der Waals surface area contributed by atoms with Gasteiger partial charge in [-0.3, -0.25) is 0 Å². The third kappa shape index (κ3) is 2.80. The summed E-state index contributed by atoms with van der Waals surface area (Å²) < 4.78 is 30.4. The van der Waals surface area contributed by atoms with E-state index in [0.717, 1.165) is 25.9 Å². The first-order chi connectivity index (χ1) is 12.5. The Hall–Kier alpha value is -2.28. The van der Waals surface area contributed by atoms with Gasteiger partial charge in [-0.15, -0.1) is 0 Å². The van der Waals surface area contributed by atoms with Gasteiger partial charge in [-0.05, 0) is 43.4 Å². The number of fused-ring (bicyclic) bond motifs is 1.